The van der Waals surface area contributed by atoms with Crippen molar-refractivity contribution in [3.05, 3.63) is 40.1 Å². The molecule has 0 saturated heterocycles. The number of aromatic nitrogens is 2. The van der Waals surface area contributed by atoms with Gasteiger partial charge in [-0.15, -0.1) is 11.3 Å². The number of hydrogen-bond donors (Lipinski definition) is 1. The topological polar surface area (TPSA) is 72.1 Å². The molecule has 0 aliphatic rings. The van der Waals surface area contributed by atoms with E-state index in [0.717, 1.165) is 10.7 Å². The normalized spacial score (nSPS) is 10.3. The summed E-state index contributed by atoms with van der Waals surface area (Å²) in [4.78, 5) is 22.0. The van der Waals surface area contributed by atoms with Gasteiger partial charge in [-0.2, -0.15) is 0 Å². The van der Waals surface area contributed by atoms with E-state index in [1.54, 1.807) is 35.5 Å². The second-order valence-electron chi connectivity index (χ2n) is 3.98. The number of carbonyl (C=O) groups is 1. The maximum absolute atomic E-state index is 12.2. The molecule has 0 bridgehead atoms. The van der Waals surface area contributed by atoms with Gasteiger partial charge in [0, 0.05) is 18.6 Å². The van der Waals surface area contributed by atoms with Gasteiger partial charge in [0.1, 0.15) is 0 Å². The second-order valence-corrected chi connectivity index (χ2v) is 5.04. The van der Waals surface area contributed by atoms with Crippen LogP contribution in [-0.2, 0) is 6.54 Å². The number of nitrogen functional groups attached to an aromatic ring is 1. The van der Waals surface area contributed by atoms with E-state index < -0.39 is 0 Å². The summed E-state index contributed by atoms with van der Waals surface area (Å²) in [5, 5.41) is 2.95. The summed E-state index contributed by atoms with van der Waals surface area (Å²) in [6, 6.07) is 1.63. The summed E-state index contributed by atoms with van der Waals surface area (Å²) in [6.07, 6.45) is 3.04. The number of rotatable bonds is 3. The van der Waals surface area contributed by atoms with E-state index in [1.165, 1.54) is 6.20 Å². The molecule has 0 saturated carbocycles. The molecule has 2 rings (SSSR count). The minimum atomic E-state index is -0.124. The van der Waals surface area contributed by atoms with Crippen LogP contribution in [0, 0.1) is 6.92 Å². The summed E-state index contributed by atoms with van der Waals surface area (Å²) in [5.74, 6) is -0.124. The van der Waals surface area contributed by atoms with E-state index in [1.807, 2.05) is 12.3 Å². The largest absolute Gasteiger partial charge is 0.397 e. The summed E-state index contributed by atoms with van der Waals surface area (Å²) in [5.41, 5.74) is 7.49. The van der Waals surface area contributed by atoms with Crippen LogP contribution in [0.2, 0.25) is 0 Å². The minimum Gasteiger partial charge on any atom is -0.397 e. The molecule has 2 aromatic rings. The van der Waals surface area contributed by atoms with Crippen LogP contribution in [0.25, 0.3) is 0 Å². The average molecular weight is 262 g/mol. The van der Waals surface area contributed by atoms with Crippen LogP contribution in [0.4, 0.5) is 5.69 Å². The quantitative estimate of drug-likeness (QED) is 0.913. The predicted molar refractivity (Wildman–Crippen MR) is 71.3 cm³/mol. The van der Waals surface area contributed by atoms with Gasteiger partial charge >= 0.3 is 0 Å². The van der Waals surface area contributed by atoms with Crippen molar-refractivity contribution in [1.29, 1.82) is 0 Å². The molecule has 5 nitrogen and oxygen atoms in total. The third kappa shape index (κ3) is 2.65. The van der Waals surface area contributed by atoms with Gasteiger partial charge in [-0.05, 0) is 13.0 Å². The molecule has 0 fully saturated rings. The Morgan fingerprint density at radius 2 is 2.33 bits per heavy atom. The molecule has 0 aliphatic carbocycles. The van der Waals surface area contributed by atoms with Gasteiger partial charge < -0.3 is 10.6 Å². The van der Waals surface area contributed by atoms with Gasteiger partial charge in [0.2, 0.25) is 0 Å². The van der Waals surface area contributed by atoms with E-state index in [4.69, 9.17) is 5.73 Å². The highest BCUT2D eigenvalue weighted by Gasteiger charge is 2.15. The molecule has 18 heavy (non-hydrogen) atoms. The third-order valence-corrected chi connectivity index (χ3v) is 3.32. The Kier molecular flexibility index (Phi) is 3.57. The van der Waals surface area contributed by atoms with Crippen LogP contribution < -0.4 is 5.73 Å². The van der Waals surface area contributed by atoms with Crippen molar-refractivity contribution in [2.24, 2.45) is 0 Å². The van der Waals surface area contributed by atoms with Crippen LogP contribution in [0.3, 0.4) is 0 Å². The van der Waals surface area contributed by atoms with E-state index in [0.29, 0.717) is 17.8 Å². The number of nitrogens with two attached hydrogens (primary N) is 1. The summed E-state index contributed by atoms with van der Waals surface area (Å²) < 4.78 is 0. The lowest BCUT2D eigenvalue weighted by Gasteiger charge is -2.16. The lowest BCUT2D eigenvalue weighted by atomic mass is 10.2. The molecule has 1 amide bonds. The van der Waals surface area contributed by atoms with E-state index in [-0.39, 0.29) is 5.91 Å². The summed E-state index contributed by atoms with van der Waals surface area (Å²) >= 11 is 1.57. The highest BCUT2D eigenvalue weighted by molar-refractivity contribution is 7.09. The third-order valence-electron chi connectivity index (χ3n) is 2.49. The number of amides is 1. The molecule has 2 aromatic heterocycles. The fourth-order valence-electron chi connectivity index (χ4n) is 1.60. The van der Waals surface area contributed by atoms with Crippen molar-refractivity contribution in [1.82, 2.24) is 14.9 Å². The zero-order valence-electron chi connectivity index (χ0n) is 10.3. The zero-order valence-corrected chi connectivity index (χ0v) is 11.1. The summed E-state index contributed by atoms with van der Waals surface area (Å²) in [7, 11) is 1.73. The molecule has 2 heterocycles. The monoisotopic (exact) mass is 262 g/mol. The maximum atomic E-state index is 12.2. The molecule has 2 N–H and O–H groups in total. The first-order chi connectivity index (χ1) is 8.58. The fraction of sp³-hybridized carbons (Fsp3) is 0.250. The van der Waals surface area contributed by atoms with E-state index in [2.05, 4.69) is 9.97 Å². The molecule has 0 spiro atoms. The molecular formula is C12H14N4OS. The average Bonchev–Trinajstić information content (AvgIpc) is 2.74. The van der Waals surface area contributed by atoms with Gasteiger partial charge in [-0.1, -0.05) is 0 Å². The summed E-state index contributed by atoms with van der Waals surface area (Å²) in [6.45, 7) is 2.42. The molecular weight excluding hydrogens is 248 g/mol. The number of carbonyl (C=O) groups excluding carboxylic acids is 1. The van der Waals surface area contributed by atoms with Gasteiger partial charge in [-0.25, -0.2) is 4.98 Å². The lowest BCUT2D eigenvalue weighted by molar-refractivity contribution is 0.0784. The van der Waals surface area contributed by atoms with E-state index >= 15 is 0 Å². The first-order valence-electron chi connectivity index (χ1n) is 5.44. The van der Waals surface area contributed by atoms with Crippen molar-refractivity contribution in [2.75, 3.05) is 12.8 Å². The number of aryl methyl sites for hydroxylation is 1. The molecule has 0 aliphatic heterocycles. The Balaban J connectivity index is 2.12. The lowest BCUT2D eigenvalue weighted by Crippen LogP contribution is -2.27. The zero-order chi connectivity index (χ0) is 13.1. The van der Waals surface area contributed by atoms with Crippen molar-refractivity contribution in [3.63, 3.8) is 0 Å². The van der Waals surface area contributed by atoms with Gasteiger partial charge in [0.15, 0.2) is 0 Å². The van der Waals surface area contributed by atoms with Crippen molar-refractivity contribution in [2.45, 2.75) is 13.5 Å². The van der Waals surface area contributed by atoms with Crippen LogP contribution in [-0.4, -0.2) is 27.8 Å². The van der Waals surface area contributed by atoms with Crippen LogP contribution in [0.5, 0.6) is 0 Å². The number of pyridine rings is 1. The predicted octanol–water partition coefficient (Wildman–Crippen LogP) is 1.70. The number of thiazole rings is 1. The van der Waals surface area contributed by atoms with Crippen molar-refractivity contribution < 1.29 is 4.79 Å². The number of hydrogen-bond acceptors (Lipinski definition) is 5. The highest BCUT2D eigenvalue weighted by atomic mass is 32.1. The molecule has 6 heteroatoms. The fourth-order valence-corrected chi connectivity index (χ4v) is 2.21. The SMILES string of the molecule is Cc1nc(CN(C)C(=O)c2ccncc2N)cs1. The van der Waals surface area contributed by atoms with Gasteiger partial charge in [0.05, 0.1) is 34.7 Å². The Bertz CT molecular complexity index is 567. The molecule has 0 aromatic carbocycles. The van der Waals surface area contributed by atoms with Gasteiger partial charge in [0.25, 0.3) is 5.91 Å². The van der Waals surface area contributed by atoms with Gasteiger partial charge in [-0.3, -0.25) is 9.78 Å². The highest BCUT2D eigenvalue weighted by Crippen LogP contribution is 2.14. The van der Waals surface area contributed by atoms with Crippen LogP contribution >= 0.6 is 11.3 Å². The number of anilines is 1. The Morgan fingerprint density at radius 1 is 1.56 bits per heavy atom. The molecule has 0 radical (unpaired) electrons. The Hall–Kier alpha value is -1.95. The smallest absolute Gasteiger partial charge is 0.256 e. The molecule has 0 atom stereocenters. The minimum absolute atomic E-state index is 0.124. The first kappa shape index (κ1) is 12.5. The molecule has 0 unspecified atom stereocenters. The van der Waals surface area contributed by atoms with Crippen LogP contribution in [0.15, 0.2) is 23.8 Å². The Morgan fingerprint density at radius 3 is 2.94 bits per heavy atom. The first-order valence-corrected chi connectivity index (χ1v) is 6.32. The van der Waals surface area contributed by atoms with Crippen LogP contribution in [0.1, 0.15) is 21.1 Å². The Labute approximate surface area is 109 Å². The second kappa shape index (κ2) is 5.14. The number of nitrogens with zero attached hydrogens (tertiary/aromatic N) is 3. The standard InChI is InChI=1S/C12H14N4OS/c1-8-15-9(7-18-8)6-16(2)12(17)10-3-4-14-5-11(10)13/h3-5,7H,6,13H2,1-2H3. The molecule has 94 valence electrons. The van der Waals surface area contributed by atoms with Crippen molar-refractivity contribution in [3.8, 4) is 0 Å². The van der Waals surface area contributed by atoms with Crippen molar-refractivity contribution >= 4 is 22.9 Å². The van der Waals surface area contributed by atoms with E-state index in [9.17, 15) is 4.79 Å². The maximum Gasteiger partial charge on any atom is 0.256 e.